The first-order chi connectivity index (χ1) is 13.2. The topological polar surface area (TPSA) is 44.3 Å². The van der Waals surface area contributed by atoms with Crippen LogP contribution in [-0.4, -0.2) is 66.3 Å². The van der Waals surface area contributed by atoms with Gasteiger partial charge in [-0.3, -0.25) is 4.90 Å². The molecule has 5 nitrogen and oxygen atoms in total. The number of nitrogens with zero attached hydrogens (tertiary/aromatic N) is 4. The Labute approximate surface area is 161 Å². The summed E-state index contributed by atoms with van der Waals surface area (Å²) in [4.78, 5) is 4.88. The lowest BCUT2D eigenvalue weighted by Crippen LogP contribution is -2.45. The lowest BCUT2D eigenvalue weighted by atomic mass is 10.0. The molecule has 2 aromatic carbocycles. The van der Waals surface area contributed by atoms with Gasteiger partial charge in [-0.2, -0.15) is 0 Å². The quantitative estimate of drug-likeness (QED) is 0.756. The zero-order valence-corrected chi connectivity index (χ0v) is 16.2. The summed E-state index contributed by atoms with van der Waals surface area (Å²) in [6.07, 6.45) is 0. The number of likely N-dealkylation sites (N-methyl/N-ethyl adjacent to an activating group) is 1. The second kappa shape index (κ2) is 8.03. The highest BCUT2D eigenvalue weighted by molar-refractivity contribution is 5.86. The summed E-state index contributed by atoms with van der Waals surface area (Å²) in [6, 6.07) is 17.0. The monoisotopic (exact) mass is 361 g/mol. The largest absolute Gasteiger partial charge is 0.367 e. The lowest BCUT2D eigenvalue weighted by Gasteiger charge is -2.32. The average Bonchev–Trinajstić information content (AvgIpc) is 2.70. The van der Waals surface area contributed by atoms with Gasteiger partial charge in [0.1, 0.15) is 0 Å². The van der Waals surface area contributed by atoms with E-state index in [-0.39, 0.29) is 0 Å². The van der Waals surface area contributed by atoms with Gasteiger partial charge >= 0.3 is 0 Å². The average molecular weight is 361 g/mol. The lowest BCUT2D eigenvalue weighted by molar-refractivity contribution is 0.158. The molecule has 3 aromatic rings. The van der Waals surface area contributed by atoms with Crippen LogP contribution in [0.3, 0.4) is 0 Å². The first-order valence-electron chi connectivity index (χ1n) is 9.67. The molecule has 0 atom stereocenters. The second-order valence-electron chi connectivity index (χ2n) is 7.39. The van der Waals surface area contributed by atoms with E-state index in [0.29, 0.717) is 0 Å². The van der Waals surface area contributed by atoms with Crippen LogP contribution >= 0.6 is 0 Å². The summed E-state index contributed by atoms with van der Waals surface area (Å²) in [5, 5.41) is 14.8. The van der Waals surface area contributed by atoms with Crippen LogP contribution in [0.25, 0.3) is 22.0 Å². The zero-order chi connectivity index (χ0) is 18.6. The van der Waals surface area contributed by atoms with Crippen molar-refractivity contribution in [3.8, 4) is 11.3 Å². The van der Waals surface area contributed by atoms with Crippen LogP contribution in [0, 0.1) is 6.92 Å². The molecule has 4 rings (SSSR count). The van der Waals surface area contributed by atoms with E-state index >= 15 is 0 Å². The normalized spacial score (nSPS) is 15.9. The summed E-state index contributed by atoms with van der Waals surface area (Å²) in [5.74, 6) is 0.883. The van der Waals surface area contributed by atoms with Crippen molar-refractivity contribution in [2.24, 2.45) is 0 Å². The van der Waals surface area contributed by atoms with Crippen molar-refractivity contribution in [1.29, 1.82) is 0 Å². The molecule has 1 fully saturated rings. The van der Waals surface area contributed by atoms with Crippen LogP contribution in [0.1, 0.15) is 5.56 Å². The van der Waals surface area contributed by atoms with Crippen LogP contribution in [0.2, 0.25) is 0 Å². The summed E-state index contributed by atoms with van der Waals surface area (Å²) in [6.45, 7) is 8.62. The Kier molecular flexibility index (Phi) is 5.32. The molecule has 0 radical (unpaired) electrons. The molecule has 5 heteroatoms. The third kappa shape index (κ3) is 4.26. The van der Waals surface area contributed by atoms with Crippen LogP contribution in [0.5, 0.6) is 0 Å². The van der Waals surface area contributed by atoms with Gasteiger partial charge in [-0.05, 0) is 42.4 Å². The highest BCUT2D eigenvalue weighted by Crippen LogP contribution is 2.24. The number of piperazine rings is 1. The Morgan fingerprint density at radius 2 is 1.70 bits per heavy atom. The molecule has 2 heterocycles. The predicted molar refractivity (Wildman–Crippen MR) is 112 cm³/mol. The number of aromatic nitrogens is 2. The molecular weight excluding hydrogens is 334 g/mol. The van der Waals surface area contributed by atoms with Crippen molar-refractivity contribution in [3.63, 3.8) is 0 Å². The van der Waals surface area contributed by atoms with Gasteiger partial charge in [0.05, 0.1) is 5.69 Å². The van der Waals surface area contributed by atoms with E-state index in [4.69, 9.17) is 0 Å². The van der Waals surface area contributed by atoms with E-state index in [1.807, 2.05) is 0 Å². The highest BCUT2D eigenvalue weighted by atomic mass is 15.3. The molecule has 0 bridgehead atoms. The second-order valence-corrected chi connectivity index (χ2v) is 7.39. The first-order valence-corrected chi connectivity index (χ1v) is 9.67. The molecular formula is C22H27N5. The van der Waals surface area contributed by atoms with E-state index in [0.717, 1.165) is 61.9 Å². The molecule has 0 aliphatic carbocycles. The molecule has 27 heavy (non-hydrogen) atoms. The summed E-state index contributed by atoms with van der Waals surface area (Å²) in [5.41, 5.74) is 3.16. The number of anilines is 1. The van der Waals surface area contributed by atoms with Gasteiger partial charge in [0, 0.05) is 44.8 Å². The Hall–Kier alpha value is -2.50. The fourth-order valence-electron chi connectivity index (χ4n) is 3.55. The number of nitrogens with one attached hydrogen (secondary N) is 1. The van der Waals surface area contributed by atoms with Gasteiger partial charge in [-0.15, -0.1) is 10.2 Å². The van der Waals surface area contributed by atoms with Gasteiger partial charge in [0.2, 0.25) is 0 Å². The van der Waals surface area contributed by atoms with Crippen molar-refractivity contribution < 1.29 is 0 Å². The Morgan fingerprint density at radius 1 is 0.926 bits per heavy atom. The summed E-state index contributed by atoms with van der Waals surface area (Å²) < 4.78 is 0. The third-order valence-electron chi connectivity index (χ3n) is 5.35. The van der Waals surface area contributed by atoms with Crippen molar-refractivity contribution in [1.82, 2.24) is 20.0 Å². The fraction of sp³-hybridized carbons (Fsp3) is 0.364. The molecule has 0 amide bonds. The minimum absolute atomic E-state index is 0.883. The van der Waals surface area contributed by atoms with Crippen LogP contribution in [0.4, 0.5) is 5.82 Å². The van der Waals surface area contributed by atoms with E-state index in [2.05, 4.69) is 87.8 Å². The van der Waals surface area contributed by atoms with Gasteiger partial charge in [-0.1, -0.05) is 36.4 Å². The first kappa shape index (κ1) is 17.9. The number of hydrogen-bond donors (Lipinski definition) is 1. The maximum Gasteiger partial charge on any atom is 0.151 e. The number of benzene rings is 2. The van der Waals surface area contributed by atoms with Gasteiger partial charge in [0.15, 0.2) is 5.82 Å². The third-order valence-corrected chi connectivity index (χ3v) is 5.35. The van der Waals surface area contributed by atoms with E-state index in [9.17, 15) is 0 Å². The summed E-state index contributed by atoms with van der Waals surface area (Å²) in [7, 11) is 2.19. The van der Waals surface area contributed by atoms with E-state index in [1.165, 1.54) is 10.8 Å². The van der Waals surface area contributed by atoms with Crippen molar-refractivity contribution >= 4 is 16.6 Å². The van der Waals surface area contributed by atoms with Gasteiger partial charge in [0.25, 0.3) is 0 Å². The molecule has 0 spiro atoms. The Morgan fingerprint density at radius 3 is 2.48 bits per heavy atom. The molecule has 1 N–H and O–H groups in total. The van der Waals surface area contributed by atoms with Crippen LogP contribution < -0.4 is 5.32 Å². The molecule has 140 valence electrons. The van der Waals surface area contributed by atoms with Gasteiger partial charge < -0.3 is 10.2 Å². The zero-order valence-electron chi connectivity index (χ0n) is 16.2. The van der Waals surface area contributed by atoms with Gasteiger partial charge in [-0.25, -0.2) is 0 Å². The number of aryl methyl sites for hydroxylation is 1. The minimum Gasteiger partial charge on any atom is -0.367 e. The van der Waals surface area contributed by atoms with E-state index < -0.39 is 0 Å². The van der Waals surface area contributed by atoms with E-state index in [1.54, 1.807) is 0 Å². The maximum absolute atomic E-state index is 4.46. The molecule has 1 aromatic heterocycles. The molecule has 0 unspecified atom stereocenters. The highest BCUT2D eigenvalue weighted by Gasteiger charge is 2.13. The molecule has 1 saturated heterocycles. The van der Waals surface area contributed by atoms with Crippen molar-refractivity contribution in [2.45, 2.75) is 6.92 Å². The SMILES string of the molecule is Cc1cc(-c2ccc3ccccc3c2)nnc1NCCN1CCN(C)CC1. The maximum atomic E-state index is 4.46. The number of hydrogen-bond acceptors (Lipinski definition) is 5. The van der Waals surface area contributed by atoms with Crippen LogP contribution in [0.15, 0.2) is 48.5 Å². The smallest absolute Gasteiger partial charge is 0.151 e. The van der Waals surface area contributed by atoms with Crippen LogP contribution in [-0.2, 0) is 0 Å². The Bertz CT molecular complexity index is 915. The van der Waals surface area contributed by atoms with Crippen molar-refractivity contribution in [3.05, 3.63) is 54.1 Å². The molecule has 1 aliphatic heterocycles. The standard InChI is InChI=1S/C22H27N5/c1-17-15-21(20-8-7-18-5-3-4-6-19(18)16-20)24-25-22(17)23-9-10-27-13-11-26(2)12-14-27/h3-8,15-16H,9-14H2,1-2H3,(H,23,25). The fourth-order valence-corrected chi connectivity index (χ4v) is 3.55. The minimum atomic E-state index is 0.883. The van der Waals surface area contributed by atoms with Crippen molar-refractivity contribution in [2.75, 3.05) is 51.6 Å². The number of fused-ring (bicyclic) bond motifs is 1. The molecule has 0 saturated carbocycles. The number of rotatable bonds is 5. The summed E-state index contributed by atoms with van der Waals surface area (Å²) >= 11 is 0. The predicted octanol–water partition coefficient (Wildman–Crippen LogP) is 3.26. The Balaban J connectivity index is 1.41. The molecule has 1 aliphatic rings.